The molecule has 3 aromatic rings. The fraction of sp³-hybridized carbons (Fsp3) is 0.217. The first-order valence-electron chi connectivity index (χ1n) is 9.71. The van der Waals surface area contributed by atoms with Gasteiger partial charge in [-0.1, -0.05) is 35.4 Å². The molecule has 1 amide bonds. The second-order valence-electron chi connectivity index (χ2n) is 7.38. The highest BCUT2D eigenvalue weighted by molar-refractivity contribution is 7.92. The minimum atomic E-state index is -3.95. The third-order valence-corrected chi connectivity index (χ3v) is 7.52. The Labute approximate surface area is 187 Å². The number of anilines is 1. The van der Waals surface area contributed by atoms with E-state index in [0.29, 0.717) is 5.69 Å². The van der Waals surface area contributed by atoms with Crippen molar-refractivity contribution in [3.63, 3.8) is 0 Å². The normalized spacial score (nSPS) is 11.6. The van der Waals surface area contributed by atoms with E-state index in [4.69, 9.17) is 0 Å². The van der Waals surface area contributed by atoms with E-state index in [1.54, 1.807) is 36.5 Å². The summed E-state index contributed by atoms with van der Waals surface area (Å²) in [5, 5.41) is 5.93. The number of aryl methyl sites for hydroxylation is 4. The van der Waals surface area contributed by atoms with Gasteiger partial charge in [-0.2, -0.15) is 5.10 Å². The third kappa shape index (κ3) is 5.39. The number of rotatable bonds is 7. The van der Waals surface area contributed by atoms with E-state index in [2.05, 4.69) is 10.5 Å². The maximum Gasteiger partial charge on any atom is 0.264 e. The van der Waals surface area contributed by atoms with Crippen LogP contribution in [0.3, 0.4) is 0 Å². The first kappa shape index (κ1) is 22.7. The fourth-order valence-corrected chi connectivity index (χ4v) is 5.34. The summed E-state index contributed by atoms with van der Waals surface area (Å²) in [5.74, 6) is -0.527. The van der Waals surface area contributed by atoms with Crippen LogP contribution in [0.15, 0.2) is 63.9 Å². The highest BCUT2D eigenvalue weighted by Gasteiger charge is 2.28. The van der Waals surface area contributed by atoms with E-state index < -0.39 is 15.9 Å². The van der Waals surface area contributed by atoms with Crippen molar-refractivity contribution in [3.8, 4) is 0 Å². The molecule has 0 saturated carbocycles. The molecule has 31 heavy (non-hydrogen) atoms. The molecule has 0 atom stereocenters. The number of sulfonamides is 1. The van der Waals surface area contributed by atoms with Crippen molar-refractivity contribution in [1.29, 1.82) is 0 Å². The van der Waals surface area contributed by atoms with Gasteiger partial charge in [0.25, 0.3) is 15.9 Å². The molecule has 0 aliphatic carbocycles. The molecular formula is C23H25N3O3S2. The van der Waals surface area contributed by atoms with E-state index >= 15 is 0 Å². The van der Waals surface area contributed by atoms with E-state index in [0.717, 1.165) is 31.4 Å². The summed E-state index contributed by atoms with van der Waals surface area (Å²) >= 11 is 1.51. The number of thiophene rings is 1. The lowest BCUT2D eigenvalue weighted by Crippen LogP contribution is -2.40. The lowest BCUT2D eigenvalue weighted by Gasteiger charge is -2.25. The van der Waals surface area contributed by atoms with Crippen molar-refractivity contribution in [3.05, 3.63) is 81.0 Å². The molecule has 0 unspecified atom stereocenters. The van der Waals surface area contributed by atoms with Crippen molar-refractivity contribution in [2.24, 2.45) is 5.10 Å². The summed E-state index contributed by atoms with van der Waals surface area (Å²) in [6.07, 6.45) is 1.56. The number of nitrogens with one attached hydrogen (secondary N) is 1. The smallest absolute Gasteiger partial charge is 0.264 e. The molecular weight excluding hydrogens is 430 g/mol. The molecule has 0 bridgehead atoms. The maximum absolute atomic E-state index is 13.4. The SMILES string of the molecule is Cc1ccc(S(=O)(=O)N(CC(=O)N/N=C\c2sccc2C)c2ccc(C)cc2C)cc1. The zero-order chi connectivity index (χ0) is 22.6. The zero-order valence-corrected chi connectivity index (χ0v) is 19.5. The van der Waals surface area contributed by atoms with E-state index in [1.807, 2.05) is 51.3 Å². The van der Waals surface area contributed by atoms with Crippen molar-refractivity contribution >= 4 is 39.2 Å². The molecule has 1 aromatic heterocycles. The van der Waals surface area contributed by atoms with Crippen LogP contribution in [-0.4, -0.2) is 27.1 Å². The van der Waals surface area contributed by atoms with Crippen LogP contribution < -0.4 is 9.73 Å². The first-order valence-corrected chi connectivity index (χ1v) is 12.0. The number of hydrazone groups is 1. The average molecular weight is 456 g/mol. The van der Waals surface area contributed by atoms with Gasteiger partial charge in [-0.15, -0.1) is 11.3 Å². The van der Waals surface area contributed by atoms with E-state index in [9.17, 15) is 13.2 Å². The van der Waals surface area contributed by atoms with Gasteiger partial charge in [-0.05, 0) is 68.5 Å². The standard InChI is InChI=1S/C23H25N3O3S2/c1-16-5-8-20(9-6-16)31(28,29)26(21-10-7-17(2)13-19(21)4)15-23(27)25-24-14-22-18(3)11-12-30-22/h5-14H,15H2,1-4H3,(H,25,27)/b24-14-. The van der Waals surface area contributed by atoms with Crippen LogP contribution >= 0.6 is 11.3 Å². The monoisotopic (exact) mass is 455 g/mol. The second kappa shape index (κ2) is 9.45. The van der Waals surface area contributed by atoms with Gasteiger partial charge in [-0.3, -0.25) is 9.10 Å². The topological polar surface area (TPSA) is 78.8 Å². The predicted molar refractivity (Wildman–Crippen MR) is 126 cm³/mol. The zero-order valence-electron chi connectivity index (χ0n) is 17.9. The Morgan fingerprint density at radius 3 is 2.29 bits per heavy atom. The van der Waals surface area contributed by atoms with Gasteiger partial charge >= 0.3 is 0 Å². The molecule has 8 heteroatoms. The van der Waals surface area contributed by atoms with Crippen LogP contribution in [0, 0.1) is 27.7 Å². The van der Waals surface area contributed by atoms with Crippen molar-refractivity contribution in [1.82, 2.24) is 5.43 Å². The Morgan fingerprint density at radius 2 is 1.68 bits per heavy atom. The van der Waals surface area contributed by atoms with Crippen molar-refractivity contribution in [2.45, 2.75) is 32.6 Å². The summed E-state index contributed by atoms with van der Waals surface area (Å²) in [6.45, 7) is 7.22. The number of carbonyl (C=O) groups is 1. The maximum atomic E-state index is 13.4. The van der Waals surface area contributed by atoms with Gasteiger partial charge in [0.05, 0.1) is 16.8 Å². The number of nitrogens with zero attached hydrogens (tertiary/aromatic N) is 2. The molecule has 6 nitrogen and oxygen atoms in total. The summed E-state index contributed by atoms with van der Waals surface area (Å²) in [4.78, 5) is 13.7. The molecule has 2 aromatic carbocycles. The largest absolute Gasteiger partial charge is 0.271 e. The molecule has 162 valence electrons. The van der Waals surface area contributed by atoms with Crippen LogP contribution in [0.25, 0.3) is 0 Å². The molecule has 0 fully saturated rings. The van der Waals surface area contributed by atoms with E-state index in [1.165, 1.54) is 11.3 Å². The van der Waals surface area contributed by atoms with E-state index in [-0.39, 0.29) is 11.4 Å². The molecule has 0 aliphatic rings. The number of amides is 1. The van der Waals surface area contributed by atoms with Crippen LogP contribution in [0.2, 0.25) is 0 Å². The van der Waals surface area contributed by atoms with Gasteiger partial charge in [0.2, 0.25) is 0 Å². The summed E-state index contributed by atoms with van der Waals surface area (Å²) < 4.78 is 28.0. The quantitative estimate of drug-likeness (QED) is 0.425. The Balaban J connectivity index is 1.90. The molecule has 0 aliphatic heterocycles. The molecule has 1 N–H and O–H groups in total. The Kier molecular flexibility index (Phi) is 6.92. The Bertz CT molecular complexity index is 1210. The highest BCUT2D eigenvalue weighted by Crippen LogP contribution is 2.27. The molecule has 0 spiro atoms. The molecule has 0 saturated heterocycles. The van der Waals surface area contributed by atoms with Crippen LogP contribution in [0.4, 0.5) is 5.69 Å². The molecule has 3 rings (SSSR count). The van der Waals surface area contributed by atoms with Crippen molar-refractivity contribution in [2.75, 3.05) is 10.8 Å². The number of hydrogen-bond donors (Lipinski definition) is 1. The second-order valence-corrected chi connectivity index (χ2v) is 10.2. The van der Waals surface area contributed by atoms with Gasteiger partial charge in [0, 0.05) is 4.88 Å². The number of carbonyl (C=O) groups excluding carboxylic acids is 1. The summed E-state index contributed by atoms with van der Waals surface area (Å²) in [5.41, 5.74) is 6.68. The number of benzene rings is 2. The fourth-order valence-electron chi connectivity index (χ4n) is 3.07. The van der Waals surface area contributed by atoms with Crippen LogP contribution in [0.1, 0.15) is 27.1 Å². The minimum absolute atomic E-state index is 0.128. The third-order valence-electron chi connectivity index (χ3n) is 4.79. The predicted octanol–water partition coefficient (Wildman–Crippen LogP) is 4.33. The van der Waals surface area contributed by atoms with Crippen LogP contribution in [0.5, 0.6) is 0 Å². The van der Waals surface area contributed by atoms with Gasteiger partial charge in [0.15, 0.2) is 0 Å². The first-order chi connectivity index (χ1) is 14.7. The Morgan fingerprint density at radius 1 is 1.00 bits per heavy atom. The Hall–Kier alpha value is -2.97. The molecule has 1 heterocycles. The summed E-state index contributed by atoms with van der Waals surface area (Å²) in [6, 6.07) is 14.0. The van der Waals surface area contributed by atoms with Crippen LogP contribution in [-0.2, 0) is 14.8 Å². The minimum Gasteiger partial charge on any atom is -0.271 e. The van der Waals surface area contributed by atoms with Gasteiger partial charge in [-0.25, -0.2) is 13.8 Å². The van der Waals surface area contributed by atoms with Gasteiger partial charge in [0.1, 0.15) is 6.54 Å². The highest BCUT2D eigenvalue weighted by atomic mass is 32.2. The lowest BCUT2D eigenvalue weighted by atomic mass is 10.1. The summed E-state index contributed by atoms with van der Waals surface area (Å²) in [7, 11) is -3.95. The number of hydrogen-bond acceptors (Lipinski definition) is 5. The average Bonchev–Trinajstić information content (AvgIpc) is 3.12. The van der Waals surface area contributed by atoms with Gasteiger partial charge < -0.3 is 0 Å². The van der Waals surface area contributed by atoms with Crippen molar-refractivity contribution < 1.29 is 13.2 Å². The lowest BCUT2D eigenvalue weighted by molar-refractivity contribution is -0.119. The molecule has 0 radical (unpaired) electrons.